The monoisotopic (exact) mass is 259 g/mol. The van der Waals surface area contributed by atoms with Crippen molar-refractivity contribution in [3.8, 4) is 0 Å². The molecule has 0 aliphatic carbocycles. The summed E-state index contributed by atoms with van der Waals surface area (Å²) in [4.78, 5) is 0. The summed E-state index contributed by atoms with van der Waals surface area (Å²) in [7, 11) is 1.70. The third-order valence-corrected chi connectivity index (χ3v) is 3.50. The van der Waals surface area contributed by atoms with E-state index in [-0.39, 0.29) is 0 Å². The van der Waals surface area contributed by atoms with Crippen molar-refractivity contribution in [2.24, 2.45) is 5.41 Å². The highest BCUT2D eigenvalue weighted by molar-refractivity contribution is 4.85. The molecule has 108 valence electrons. The van der Waals surface area contributed by atoms with Crippen LogP contribution in [0.2, 0.25) is 0 Å². The highest BCUT2D eigenvalue weighted by atomic mass is 16.5. The lowest BCUT2D eigenvalue weighted by atomic mass is 9.82. The number of rotatable bonds is 10. The van der Waals surface area contributed by atoms with Gasteiger partial charge in [-0.15, -0.1) is 0 Å². The molecule has 1 aliphatic rings. The van der Waals surface area contributed by atoms with Crippen molar-refractivity contribution in [1.29, 1.82) is 0 Å². The Morgan fingerprint density at radius 1 is 1.28 bits per heavy atom. The molecule has 0 aromatic heterocycles. The molecule has 0 amide bonds. The Balaban J connectivity index is 2.17. The van der Waals surface area contributed by atoms with Crippen LogP contribution >= 0.6 is 0 Å². The summed E-state index contributed by atoms with van der Waals surface area (Å²) >= 11 is 0. The van der Waals surface area contributed by atoms with Crippen LogP contribution in [0.15, 0.2) is 0 Å². The van der Waals surface area contributed by atoms with E-state index in [1.54, 1.807) is 7.11 Å². The number of nitrogens with one attached hydrogen (secondary N) is 1. The minimum atomic E-state index is 0.328. The topological polar surface area (TPSA) is 39.7 Å². The second-order valence-electron chi connectivity index (χ2n) is 5.55. The van der Waals surface area contributed by atoms with Gasteiger partial charge in [-0.05, 0) is 19.3 Å². The molecule has 1 unspecified atom stereocenters. The van der Waals surface area contributed by atoms with Crippen molar-refractivity contribution < 1.29 is 14.2 Å². The molecule has 0 radical (unpaired) electrons. The number of hydrogen-bond acceptors (Lipinski definition) is 4. The Kier molecular flexibility index (Phi) is 7.82. The van der Waals surface area contributed by atoms with Crippen molar-refractivity contribution in [1.82, 2.24) is 5.32 Å². The zero-order valence-corrected chi connectivity index (χ0v) is 12.2. The predicted molar refractivity (Wildman–Crippen MR) is 72.9 cm³/mol. The molecule has 1 rings (SSSR count). The van der Waals surface area contributed by atoms with E-state index < -0.39 is 0 Å². The van der Waals surface area contributed by atoms with Gasteiger partial charge in [-0.3, -0.25) is 0 Å². The van der Waals surface area contributed by atoms with E-state index in [4.69, 9.17) is 14.2 Å². The summed E-state index contributed by atoms with van der Waals surface area (Å²) in [5.41, 5.74) is 0.328. The normalized spacial score (nSPS) is 24.0. The molecule has 4 nitrogen and oxygen atoms in total. The standard InChI is InChI=1S/C14H29NO3/c1-13(2)15-11-14(6-8-18-12-14)5-4-7-17-10-9-16-3/h13,15H,4-12H2,1-3H3. The largest absolute Gasteiger partial charge is 0.382 e. The van der Waals surface area contributed by atoms with Gasteiger partial charge >= 0.3 is 0 Å². The smallest absolute Gasteiger partial charge is 0.0700 e. The van der Waals surface area contributed by atoms with Gasteiger partial charge in [0.2, 0.25) is 0 Å². The number of ether oxygens (including phenoxy) is 3. The molecule has 0 bridgehead atoms. The van der Waals surface area contributed by atoms with Gasteiger partial charge in [0.1, 0.15) is 0 Å². The maximum absolute atomic E-state index is 5.59. The molecule has 1 heterocycles. The van der Waals surface area contributed by atoms with E-state index in [0.29, 0.717) is 24.7 Å². The van der Waals surface area contributed by atoms with Crippen LogP contribution in [0, 0.1) is 5.41 Å². The second-order valence-corrected chi connectivity index (χ2v) is 5.55. The van der Waals surface area contributed by atoms with Gasteiger partial charge in [-0.25, -0.2) is 0 Å². The van der Waals surface area contributed by atoms with Gasteiger partial charge in [-0.2, -0.15) is 0 Å². The maximum Gasteiger partial charge on any atom is 0.0700 e. The lowest BCUT2D eigenvalue weighted by Crippen LogP contribution is -2.38. The number of methoxy groups -OCH3 is 1. The quantitative estimate of drug-likeness (QED) is 0.608. The predicted octanol–water partition coefficient (Wildman–Crippen LogP) is 1.83. The third-order valence-electron chi connectivity index (χ3n) is 3.50. The van der Waals surface area contributed by atoms with Gasteiger partial charge < -0.3 is 19.5 Å². The summed E-state index contributed by atoms with van der Waals surface area (Å²) in [6, 6.07) is 0.542. The average molecular weight is 259 g/mol. The highest BCUT2D eigenvalue weighted by Crippen LogP contribution is 2.33. The molecule has 1 fully saturated rings. The van der Waals surface area contributed by atoms with Crippen LogP contribution in [-0.4, -0.2) is 52.7 Å². The molecule has 1 saturated heterocycles. The Morgan fingerprint density at radius 2 is 2.11 bits per heavy atom. The van der Waals surface area contributed by atoms with E-state index in [0.717, 1.165) is 32.8 Å². The molecule has 0 spiro atoms. The van der Waals surface area contributed by atoms with Crippen LogP contribution in [0.1, 0.15) is 33.1 Å². The molecule has 0 saturated carbocycles. The highest BCUT2D eigenvalue weighted by Gasteiger charge is 2.34. The minimum Gasteiger partial charge on any atom is -0.382 e. The Bertz CT molecular complexity index is 203. The van der Waals surface area contributed by atoms with Gasteiger partial charge in [0.05, 0.1) is 19.8 Å². The van der Waals surface area contributed by atoms with Crippen LogP contribution in [0.3, 0.4) is 0 Å². The zero-order valence-electron chi connectivity index (χ0n) is 12.2. The number of hydrogen-bond donors (Lipinski definition) is 1. The average Bonchev–Trinajstić information content (AvgIpc) is 2.81. The molecule has 1 N–H and O–H groups in total. The molecule has 1 aliphatic heterocycles. The van der Waals surface area contributed by atoms with Crippen molar-refractivity contribution in [3.63, 3.8) is 0 Å². The fourth-order valence-electron chi connectivity index (χ4n) is 2.29. The van der Waals surface area contributed by atoms with E-state index >= 15 is 0 Å². The van der Waals surface area contributed by atoms with Crippen LogP contribution in [-0.2, 0) is 14.2 Å². The van der Waals surface area contributed by atoms with Gasteiger partial charge in [-0.1, -0.05) is 13.8 Å². The first-order valence-electron chi connectivity index (χ1n) is 7.06. The molecule has 18 heavy (non-hydrogen) atoms. The van der Waals surface area contributed by atoms with Gasteiger partial charge in [0.25, 0.3) is 0 Å². The van der Waals surface area contributed by atoms with Crippen LogP contribution in [0.25, 0.3) is 0 Å². The molecule has 4 heteroatoms. The fourth-order valence-corrected chi connectivity index (χ4v) is 2.29. The van der Waals surface area contributed by atoms with E-state index in [9.17, 15) is 0 Å². The minimum absolute atomic E-state index is 0.328. The van der Waals surface area contributed by atoms with Crippen LogP contribution < -0.4 is 5.32 Å². The lowest BCUT2D eigenvalue weighted by molar-refractivity contribution is 0.0613. The maximum atomic E-state index is 5.59. The van der Waals surface area contributed by atoms with E-state index in [1.807, 2.05) is 0 Å². The SMILES string of the molecule is COCCOCCCC1(CNC(C)C)CCOC1. The van der Waals surface area contributed by atoms with Gasteiger partial charge in [0.15, 0.2) is 0 Å². The van der Waals surface area contributed by atoms with E-state index in [2.05, 4.69) is 19.2 Å². The van der Waals surface area contributed by atoms with Crippen LogP contribution in [0.4, 0.5) is 0 Å². The second kappa shape index (κ2) is 8.86. The zero-order chi connectivity index (χ0) is 13.3. The van der Waals surface area contributed by atoms with Crippen LogP contribution in [0.5, 0.6) is 0 Å². The van der Waals surface area contributed by atoms with Crippen molar-refractivity contribution in [3.05, 3.63) is 0 Å². The Morgan fingerprint density at radius 3 is 2.72 bits per heavy atom. The Hall–Kier alpha value is -0.160. The van der Waals surface area contributed by atoms with Crippen molar-refractivity contribution >= 4 is 0 Å². The van der Waals surface area contributed by atoms with Gasteiger partial charge in [0, 0.05) is 38.3 Å². The first-order chi connectivity index (χ1) is 8.68. The summed E-state index contributed by atoms with van der Waals surface area (Å²) < 4.78 is 16.1. The van der Waals surface area contributed by atoms with Crippen molar-refractivity contribution in [2.45, 2.75) is 39.2 Å². The molecule has 0 aromatic rings. The third kappa shape index (κ3) is 6.14. The molecule has 1 atom stereocenters. The summed E-state index contributed by atoms with van der Waals surface area (Å²) in [6.07, 6.45) is 3.46. The summed E-state index contributed by atoms with van der Waals surface area (Å²) in [6.45, 7) is 9.45. The van der Waals surface area contributed by atoms with E-state index in [1.165, 1.54) is 12.8 Å². The summed E-state index contributed by atoms with van der Waals surface area (Å²) in [5, 5.41) is 3.55. The lowest BCUT2D eigenvalue weighted by Gasteiger charge is -2.29. The Labute approximate surface area is 111 Å². The first-order valence-corrected chi connectivity index (χ1v) is 7.06. The van der Waals surface area contributed by atoms with Crippen molar-refractivity contribution in [2.75, 3.05) is 46.7 Å². The molecule has 0 aromatic carbocycles. The summed E-state index contributed by atoms with van der Waals surface area (Å²) in [5.74, 6) is 0. The molecular formula is C14H29NO3. The fraction of sp³-hybridized carbons (Fsp3) is 1.00. The first kappa shape index (κ1) is 15.9. The molecular weight excluding hydrogens is 230 g/mol.